The minimum atomic E-state index is -0.659. The van der Waals surface area contributed by atoms with E-state index in [2.05, 4.69) is 4.90 Å². The number of carbonyl (C=O) groups is 1. The van der Waals surface area contributed by atoms with E-state index < -0.39 is 5.97 Å². The van der Waals surface area contributed by atoms with E-state index in [1.807, 2.05) is 19.2 Å². The van der Waals surface area contributed by atoms with Gasteiger partial charge in [0, 0.05) is 6.04 Å². The van der Waals surface area contributed by atoms with Crippen LogP contribution < -0.4 is 0 Å². The molecule has 1 aromatic heterocycles. The summed E-state index contributed by atoms with van der Waals surface area (Å²) in [5.74, 6) is -0.00783. The summed E-state index contributed by atoms with van der Waals surface area (Å²) < 4.78 is 5.33. The van der Waals surface area contributed by atoms with Gasteiger partial charge in [-0.15, -0.1) is 0 Å². The SMILES string of the molecule is CN(Cc1ccco1)C1CCCCCC1C(=O)O. The molecule has 1 aromatic rings. The Kier molecular flexibility index (Phi) is 4.42. The quantitative estimate of drug-likeness (QED) is 0.836. The fraction of sp³-hybridized carbons (Fsp3) is 0.643. The van der Waals surface area contributed by atoms with E-state index in [1.54, 1.807) is 6.26 Å². The van der Waals surface area contributed by atoms with Crippen molar-refractivity contribution in [3.8, 4) is 0 Å². The molecule has 0 aliphatic heterocycles. The highest BCUT2D eigenvalue weighted by atomic mass is 16.4. The second-order valence-electron chi connectivity index (χ2n) is 5.14. The molecule has 1 heterocycles. The van der Waals surface area contributed by atoms with Gasteiger partial charge in [-0.25, -0.2) is 0 Å². The van der Waals surface area contributed by atoms with Crippen molar-refractivity contribution in [2.24, 2.45) is 5.92 Å². The first kappa shape index (κ1) is 13.1. The molecule has 1 aliphatic carbocycles. The van der Waals surface area contributed by atoms with Gasteiger partial charge in [-0.05, 0) is 32.0 Å². The molecule has 18 heavy (non-hydrogen) atoms. The summed E-state index contributed by atoms with van der Waals surface area (Å²) in [6.07, 6.45) is 6.72. The Hall–Kier alpha value is -1.29. The average Bonchev–Trinajstić information content (AvgIpc) is 2.70. The van der Waals surface area contributed by atoms with Crippen molar-refractivity contribution in [2.75, 3.05) is 7.05 Å². The van der Waals surface area contributed by atoms with Crippen molar-refractivity contribution in [3.63, 3.8) is 0 Å². The monoisotopic (exact) mass is 251 g/mol. The van der Waals surface area contributed by atoms with Crippen molar-refractivity contribution in [3.05, 3.63) is 24.2 Å². The van der Waals surface area contributed by atoms with Crippen LogP contribution >= 0.6 is 0 Å². The lowest BCUT2D eigenvalue weighted by Crippen LogP contribution is -2.40. The zero-order valence-electron chi connectivity index (χ0n) is 10.8. The van der Waals surface area contributed by atoms with E-state index in [9.17, 15) is 9.90 Å². The van der Waals surface area contributed by atoms with E-state index >= 15 is 0 Å². The molecule has 2 unspecified atom stereocenters. The molecule has 1 saturated carbocycles. The van der Waals surface area contributed by atoms with Gasteiger partial charge in [0.1, 0.15) is 5.76 Å². The third-order valence-corrected chi connectivity index (χ3v) is 3.85. The number of hydrogen-bond donors (Lipinski definition) is 1. The molecule has 1 fully saturated rings. The van der Waals surface area contributed by atoms with Crippen LogP contribution in [0.4, 0.5) is 0 Å². The van der Waals surface area contributed by atoms with Crippen molar-refractivity contribution < 1.29 is 14.3 Å². The maximum atomic E-state index is 11.4. The van der Waals surface area contributed by atoms with Gasteiger partial charge in [0.2, 0.25) is 0 Å². The van der Waals surface area contributed by atoms with E-state index in [-0.39, 0.29) is 12.0 Å². The van der Waals surface area contributed by atoms with Crippen LogP contribution in [0.1, 0.15) is 37.9 Å². The minimum absolute atomic E-state index is 0.120. The number of carboxylic acids is 1. The molecule has 2 atom stereocenters. The fourth-order valence-electron chi connectivity index (χ4n) is 2.87. The topological polar surface area (TPSA) is 53.7 Å². The molecule has 0 aromatic carbocycles. The summed E-state index contributed by atoms with van der Waals surface area (Å²) in [6, 6.07) is 3.92. The van der Waals surface area contributed by atoms with Crippen LogP contribution in [0.5, 0.6) is 0 Å². The minimum Gasteiger partial charge on any atom is -0.481 e. The van der Waals surface area contributed by atoms with Gasteiger partial charge in [0.25, 0.3) is 0 Å². The maximum absolute atomic E-state index is 11.4. The summed E-state index contributed by atoms with van der Waals surface area (Å²) in [5.41, 5.74) is 0. The summed E-state index contributed by atoms with van der Waals surface area (Å²) in [7, 11) is 1.99. The Morgan fingerprint density at radius 1 is 1.44 bits per heavy atom. The Balaban J connectivity index is 2.04. The van der Waals surface area contributed by atoms with Crippen molar-refractivity contribution in [1.82, 2.24) is 4.90 Å². The normalized spacial score (nSPS) is 25.0. The average molecular weight is 251 g/mol. The van der Waals surface area contributed by atoms with Crippen LogP contribution in [0.3, 0.4) is 0 Å². The van der Waals surface area contributed by atoms with Gasteiger partial charge in [-0.2, -0.15) is 0 Å². The molecule has 1 aliphatic rings. The largest absolute Gasteiger partial charge is 0.481 e. The second kappa shape index (κ2) is 6.05. The smallest absolute Gasteiger partial charge is 0.308 e. The van der Waals surface area contributed by atoms with Crippen LogP contribution in [-0.4, -0.2) is 29.1 Å². The summed E-state index contributed by atoms with van der Waals surface area (Å²) >= 11 is 0. The number of carboxylic acid groups (broad SMARTS) is 1. The highest BCUT2D eigenvalue weighted by molar-refractivity contribution is 5.70. The van der Waals surface area contributed by atoms with Crippen LogP contribution in [0.25, 0.3) is 0 Å². The molecule has 0 bridgehead atoms. The maximum Gasteiger partial charge on any atom is 0.308 e. The zero-order valence-corrected chi connectivity index (χ0v) is 10.8. The number of nitrogens with zero attached hydrogens (tertiary/aromatic N) is 1. The van der Waals surface area contributed by atoms with Gasteiger partial charge in [-0.1, -0.05) is 19.3 Å². The summed E-state index contributed by atoms with van der Waals surface area (Å²) in [6.45, 7) is 0.682. The highest BCUT2D eigenvalue weighted by Gasteiger charge is 2.32. The van der Waals surface area contributed by atoms with Gasteiger partial charge >= 0.3 is 5.97 Å². The first-order chi connectivity index (χ1) is 8.68. The van der Waals surface area contributed by atoms with E-state index in [4.69, 9.17) is 4.42 Å². The molecule has 0 amide bonds. The lowest BCUT2D eigenvalue weighted by Gasteiger charge is -2.30. The van der Waals surface area contributed by atoms with Crippen molar-refractivity contribution >= 4 is 5.97 Å². The first-order valence-corrected chi connectivity index (χ1v) is 6.64. The molecule has 1 N–H and O–H groups in total. The molecular formula is C14H21NO3. The molecule has 2 rings (SSSR count). The second-order valence-corrected chi connectivity index (χ2v) is 5.14. The zero-order chi connectivity index (χ0) is 13.0. The van der Waals surface area contributed by atoms with Crippen LogP contribution in [0.2, 0.25) is 0 Å². The standard InChI is InChI=1S/C14H21NO3/c1-15(10-11-6-5-9-18-11)13-8-4-2-3-7-12(13)14(16)17/h5-6,9,12-13H,2-4,7-8,10H2,1H3,(H,16,17). The van der Waals surface area contributed by atoms with Gasteiger partial charge in [0.15, 0.2) is 0 Å². The van der Waals surface area contributed by atoms with Gasteiger partial charge < -0.3 is 9.52 Å². The molecule has 4 heteroatoms. The summed E-state index contributed by atoms with van der Waals surface area (Å²) in [5, 5.41) is 9.36. The predicted molar refractivity (Wildman–Crippen MR) is 68.2 cm³/mol. The molecular weight excluding hydrogens is 230 g/mol. The molecule has 0 saturated heterocycles. The molecule has 0 radical (unpaired) electrons. The number of aliphatic carboxylic acids is 1. The Labute approximate surface area is 108 Å². The summed E-state index contributed by atoms with van der Waals surface area (Å²) in [4.78, 5) is 13.5. The van der Waals surface area contributed by atoms with Gasteiger partial charge in [-0.3, -0.25) is 9.69 Å². The lowest BCUT2D eigenvalue weighted by molar-refractivity contribution is -0.144. The molecule has 4 nitrogen and oxygen atoms in total. The Bertz CT molecular complexity index is 374. The van der Waals surface area contributed by atoms with Gasteiger partial charge in [0.05, 0.1) is 18.7 Å². The molecule has 100 valence electrons. The number of rotatable bonds is 4. The van der Waals surface area contributed by atoms with Crippen molar-refractivity contribution in [1.29, 1.82) is 0 Å². The Morgan fingerprint density at radius 3 is 2.89 bits per heavy atom. The van der Waals surface area contributed by atoms with E-state index in [1.165, 1.54) is 0 Å². The number of furan rings is 1. The number of hydrogen-bond acceptors (Lipinski definition) is 3. The van der Waals surface area contributed by atoms with Crippen LogP contribution in [0.15, 0.2) is 22.8 Å². The fourth-order valence-corrected chi connectivity index (χ4v) is 2.87. The third-order valence-electron chi connectivity index (χ3n) is 3.85. The highest BCUT2D eigenvalue weighted by Crippen LogP contribution is 2.28. The molecule has 0 spiro atoms. The third kappa shape index (κ3) is 3.13. The van der Waals surface area contributed by atoms with Crippen molar-refractivity contribution in [2.45, 2.75) is 44.7 Å². The Morgan fingerprint density at radius 2 is 2.22 bits per heavy atom. The predicted octanol–water partition coefficient (Wildman–Crippen LogP) is 2.74. The lowest BCUT2D eigenvalue weighted by atomic mass is 9.93. The first-order valence-electron chi connectivity index (χ1n) is 6.64. The van der Waals surface area contributed by atoms with E-state index in [0.29, 0.717) is 6.54 Å². The van der Waals surface area contributed by atoms with Crippen LogP contribution in [0, 0.1) is 5.92 Å². The van der Waals surface area contributed by atoms with E-state index in [0.717, 1.165) is 37.9 Å². The van der Waals surface area contributed by atoms with Crippen LogP contribution in [-0.2, 0) is 11.3 Å².